The van der Waals surface area contributed by atoms with Crippen molar-refractivity contribution in [2.45, 2.75) is 4.90 Å². The third-order valence-electron chi connectivity index (χ3n) is 3.02. The first-order valence-corrected chi connectivity index (χ1v) is 8.68. The molecular formula is C14H10BrFN2O2S. The van der Waals surface area contributed by atoms with Gasteiger partial charge in [0.05, 0.1) is 15.9 Å². The lowest BCUT2D eigenvalue weighted by molar-refractivity contribution is 0.602. The standard InChI is InChI=1S/C14H10BrFN2O2S/c1-21(19,20)11-2-3-12-13(7-11)18-14(17-12)8-4-9(15)6-10(16)5-8/h2-7H,1H3,(H,17,18). The Balaban J connectivity index is 2.17. The molecule has 7 heteroatoms. The van der Waals surface area contributed by atoms with E-state index in [1.165, 1.54) is 24.3 Å². The highest BCUT2D eigenvalue weighted by molar-refractivity contribution is 9.10. The monoisotopic (exact) mass is 368 g/mol. The molecule has 3 rings (SSSR count). The van der Waals surface area contributed by atoms with Crippen LogP contribution in [0.25, 0.3) is 22.4 Å². The lowest BCUT2D eigenvalue weighted by atomic mass is 10.2. The molecule has 0 saturated heterocycles. The minimum atomic E-state index is -3.28. The summed E-state index contributed by atoms with van der Waals surface area (Å²) in [6.07, 6.45) is 1.15. The van der Waals surface area contributed by atoms with Gasteiger partial charge in [-0.1, -0.05) is 15.9 Å². The van der Waals surface area contributed by atoms with E-state index in [4.69, 9.17) is 0 Å². The van der Waals surface area contributed by atoms with Crippen molar-refractivity contribution in [1.29, 1.82) is 0 Å². The number of aromatic amines is 1. The van der Waals surface area contributed by atoms with Gasteiger partial charge >= 0.3 is 0 Å². The smallest absolute Gasteiger partial charge is 0.175 e. The quantitative estimate of drug-likeness (QED) is 0.752. The summed E-state index contributed by atoms with van der Waals surface area (Å²) >= 11 is 3.23. The van der Waals surface area contributed by atoms with Crippen LogP contribution >= 0.6 is 15.9 Å². The molecule has 0 bridgehead atoms. The molecule has 4 nitrogen and oxygen atoms in total. The van der Waals surface area contributed by atoms with Crippen LogP contribution in [-0.4, -0.2) is 24.6 Å². The van der Waals surface area contributed by atoms with Crippen molar-refractivity contribution in [2.75, 3.05) is 6.26 Å². The van der Waals surface area contributed by atoms with Crippen LogP contribution in [0.2, 0.25) is 0 Å². The van der Waals surface area contributed by atoms with E-state index in [2.05, 4.69) is 25.9 Å². The van der Waals surface area contributed by atoms with Gasteiger partial charge in [-0.3, -0.25) is 0 Å². The Bertz CT molecular complexity index is 931. The average molecular weight is 369 g/mol. The second-order valence-electron chi connectivity index (χ2n) is 4.69. The Morgan fingerprint density at radius 3 is 2.62 bits per heavy atom. The van der Waals surface area contributed by atoms with Crippen LogP contribution in [-0.2, 0) is 9.84 Å². The lowest BCUT2D eigenvalue weighted by Crippen LogP contribution is -1.96. The molecule has 21 heavy (non-hydrogen) atoms. The Labute approximate surface area is 129 Å². The van der Waals surface area contributed by atoms with Crippen molar-refractivity contribution in [3.63, 3.8) is 0 Å². The number of hydrogen-bond acceptors (Lipinski definition) is 3. The number of sulfone groups is 1. The number of rotatable bonds is 2. The zero-order valence-electron chi connectivity index (χ0n) is 10.9. The van der Waals surface area contributed by atoms with Crippen molar-refractivity contribution in [1.82, 2.24) is 9.97 Å². The number of benzene rings is 2. The summed E-state index contributed by atoms with van der Waals surface area (Å²) in [6, 6.07) is 9.10. The fourth-order valence-electron chi connectivity index (χ4n) is 2.05. The summed E-state index contributed by atoms with van der Waals surface area (Å²) in [6.45, 7) is 0. The summed E-state index contributed by atoms with van der Waals surface area (Å²) in [7, 11) is -3.28. The summed E-state index contributed by atoms with van der Waals surface area (Å²) in [5.41, 5.74) is 1.80. The van der Waals surface area contributed by atoms with Gasteiger partial charge in [-0.05, 0) is 36.4 Å². The third kappa shape index (κ3) is 2.84. The predicted molar refractivity (Wildman–Crippen MR) is 82.3 cm³/mol. The highest BCUT2D eigenvalue weighted by Gasteiger charge is 2.11. The van der Waals surface area contributed by atoms with Crippen molar-refractivity contribution < 1.29 is 12.8 Å². The molecule has 0 aliphatic rings. The molecule has 3 aromatic rings. The van der Waals surface area contributed by atoms with Crippen molar-refractivity contribution >= 4 is 36.8 Å². The summed E-state index contributed by atoms with van der Waals surface area (Å²) in [5, 5.41) is 0. The number of nitrogens with zero attached hydrogens (tertiary/aromatic N) is 1. The summed E-state index contributed by atoms with van der Waals surface area (Å²) < 4.78 is 37.1. The minimum Gasteiger partial charge on any atom is -0.338 e. The van der Waals surface area contributed by atoms with Gasteiger partial charge in [0, 0.05) is 16.3 Å². The predicted octanol–water partition coefficient (Wildman–Crippen LogP) is 3.54. The normalized spacial score (nSPS) is 12.0. The number of nitrogens with one attached hydrogen (secondary N) is 1. The molecule has 0 saturated carbocycles. The average Bonchev–Trinajstić information content (AvgIpc) is 2.79. The van der Waals surface area contributed by atoms with E-state index in [0.29, 0.717) is 26.9 Å². The molecule has 0 amide bonds. The van der Waals surface area contributed by atoms with Gasteiger partial charge in [0.2, 0.25) is 0 Å². The van der Waals surface area contributed by atoms with Gasteiger partial charge < -0.3 is 4.98 Å². The molecule has 0 aliphatic carbocycles. The number of fused-ring (bicyclic) bond motifs is 1. The van der Waals surface area contributed by atoms with Crippen molar-refractivity contribution in [3.8, 4) is 11.4 Å². The molecule has 0 aliphatic heterocycles. The first-order valence-electron chi connectivity index (χ1n) is 5.99. The lowest BCUT2D eigenvalue weighted by Gasteiger charge is -1.98. The Hall–Kier alpha value is -1.73. The van der Waals surface area contributed by atoms with E-state index < -0.39 is 9.84 Å². The van der Waals surface area contributed by atoms with Crippen molar-refractivity contribution in [2.24, 2.45) is 0 Å². The van der Waals surface area contributed by atoms with E-state index in [-0.39, 0.29) is 10.7 Å². The molecule has 1 aromatic heterocycles. The second-order valence-corrected chi connectivity index (χ2v) is 7.63. The number of imidazole rings is 1. The Morgan fingerprint density at radius 1 is 1.19 bits per heavy atom. The fourth-order valence-corrected chi connectivity index (χ4v) is 3.16. The molecule has 0 radical (unpaired) electrons. The van der Waals surface area contributed by atoms with Crippen LogP contribution in [0.4, 0.5) is 4.39 Å². The van der Waals surface area contributed by atoms with E-state index in [1.54, 1.807) is 12.1 Å². The van der Waals surface area contributed by atoms with Crippen LogP contribution in [0.15, 0.2) is 45.8 Å². The highest BCUT2D eigenvalue weighted by atomic mass is 79.9. The van der Waals surface area contributed by atoms with Crippen LogP contribution in [0, 0.1) is 5.82 Å². The van der Waals surface area contributed by atoms with E-state index in [9.17, 15) is 12.8 Å². The van der Waals surface area contributed by atoms with Crippen molar-refractivity contribution in [3.05, 3.63) is 46.7 Å². The van der Waals surface area contributed by atoms with E-state index >= 15 is 0 Å². The molecule has 0 unspecified atom stereocenters. The van der Waals surface area contributed by atoms with Gasteiger partial charge in [0.15, 0.2) is 9.84 Å². The second kappa shape index (κ2) is 4.92. The van der Waals surface area contributed by atoms with Crippen LogP contribution < -0.4 is 0 Å². The first kappa shape index (κ1) is 14.2. The summed E-state index contributed by atoms with van der Waals surface area (Å²) in [5.74, 6) is 0.104. The molecule has 1 heterocycles. The largest absolute Gasteiger partial charge is 0.338 e. The maximum Gasteiger partial charge on any atom is 0.175 e. The maximum absolute atomic E-state index is 13.4. The molecule has 108 valence electrons. The van der Waals surface area contributed by atoms with Crippen LogP contribution in [0.5, 0.6) is 0 Å². The topological polar surface area (TPSA) is 62.8 Å². The van der Waals surface area contributed by atoms with Gasteiger partial charge in [0.25, 0.3) is 0 Å². The zero-order valence-corrected chi connectivity index (χ0v) is 13.3. The summed E-state index contributed by atoms with van der Waals surface area (Å²) in [4.78, 5) is 7.58. The highest BCUT2D eigenvalue weighted by Crippen LogP contribution is 2.25. The minimum absolute atomic E-state index is 0.214. The number of aromatic nitrogens is 2. The molecule has 1 N–H and O–H groups in total. The fraction of sp³-hybridized carbons (Fsp3) is 0.0714. The molecule has 0 atom stereocenters. The first-order chi connectivity index (χ1) is 9.83. The number of hydrogen-bond donors (Lipinski definition) is 1. The van der Waals surface area contributed by atoms with Gasteiger partial charge in [-0.25, -0.2) is 17.8 Å². The van der Waals surface area contributed by atoms with Gasteiger partial charge in [-0.15, -0.1) is 0 Å². The van der Waals surface area contributed by atoms with Crippen LogP contribution in [0.3, 0.4) is 0 Å². The zero-order chi connectivity index (χ0) is 15.2. The molecule has 0 spiro atoms. The Kier molecular flexibility index (Phi) is 3.33. The van der Waals surface area contributed by atoms with E-state index in [0.717, 1.165) is 6.26 Å². The number of halogens is 2. The maximum atomic E-state index is 13.4. The number of H-pyrrole nitrogens is 1. The van der Waals surface area contributed by atoms with E-state index in [1.807, 2.05) is 0 Å². The molecular weight excluding hydrogens is 359 g/mol. The van der Waals surface area contributed by atoms with Gasteiger partial charge in [-0.2, -0.15) is 0 Å². The van der Waals surface area contributed by atoms with Crippen LogP contribution in [0.1, 0.15) is 0 Å². The molecule has 2 aromatic carbocycles. The third-order valence-corrected chi connectivity index (χ3v) is 4.59. The SMILES string of the molecule is CS(=O)(=O)c1ccc2nc(-c3cc(F)cc(Br)c3)[nH]c2c1. The molecule has 0 fully saturated rings. The van der Waals surface area contributed by atoms with Gasteiger partial charge in [0.1, 0.15) is 11.6 Å². The Morgan fingerprint density at radius 2 is 1.95 bits per heavy atom.